The van der Waals surface area contributed by atoms with Gasteiger partial charge >= 0.3 is 5.97 Å². The molecule has 0 bridgehead atoms. The van der Waals surface area contributed by atoms with Gasteiger partial charge in [0, 0.05) is 40.7 Å². The lowest BCUT2D eigenvalue weighted by Gasteiger charge is -2.41. The minimum absolute atomic E-state index is 0.0237. The summed E-state index contributed by atoms with van der Waals surface area (Å²) in [7, 11) is 1.66. The van der Waals surface area contributed by atoms with E-state index in [1.807, 2.05) is 66.7 Å². The number of nitrogens with one attached hydrogen (secondary N) is 1. The van der Waals surface area contributed by atoms with Crippen LogP contribution in [0.1, 0.15) is 55.3 Å². The molecule has 8 nitrogen and oxygen atoms in total. The number of methoxy groups -OCH3 is 1. The van der Waals surface area contributed by atoms with E-state index in [1.54, 1.807) is 24.9 Å². The first-order chi connectivity index (χ1) is 19.4. The van der Waals surface area contributed by atoms with E-state index in [9.17, 15) is 14.7 Å². The van der Waals surface area contributed by atoms with Gasteiger partial charge in [0.2, 0.25) is 5.91 Å². The van der Waals surface area contributed by atoms with Crippen molar-refractivity contribution in [2.45, 2.75) is 56.2 Å². The SMILES string of the molecule is COc1ccccc1SC[C@@H]1O[C@H](c2cccc(NC(=O)CCCC(=O)O)c2)O[C@H](c2ccc(CO)cc2)[C@@H]1C. The van der Waals surface area contributed by atoms with Crippen molar-refractivity contribution in [2.24, 2.45) is 5.92 Å². The lowest BCUT2D eigenvalue weighted by molar-refractivity contribution is -0.268. The summed E-state index contributed by atoms with van der Waals surface area (Å²) in [4.78, 5) is 24.1. The third-order valence-corrected chi connectivity index (χ3v) is 7.98. The van der Waals surface area contributed by atoms with Gasteiger partial charge in [-0.3, -0.25) is 9.59 Å². The second-order valence-electron chi connectivity index (χ2n) is 9.70. The van der Waals surface area contributed by atoms with Crippen LogP contribution in [0.25, 0.3) is 0 Å². The van der Waals surface area contributed by atoms with Gasteiger partial charge in [-0.25, -0.2) is 0 Å². The van der Waals surface area contributed by atoms with Gasteiger partial charge in [0.15, 0.2) is 6.29 Å². The Bertz CT molecular complexity index is 1280. The second-order valence-corrected chi connectivity index (χ2v) is 10.8. The number of carboxylic acids is 1. The molecule has 0 aromatic heterocycles. The van der Waals surface area contributed by atoms with E-state index < -0.39 is 12.3 Å². The Balaban J connectivity index is 1.54. The van der Waals surface area contributed by atoms with E-state index in [4.69, 9.17) is 19.3 Å². The lowest BCUT2D eigenvalue weighted by Crippen LogP contribution is -2.38. The van der Waals surface area contributed by atoms with Crippen molar-refractivity contribution in [1.82, 2.24) is 0 Å². The number of carbonyl (C=O) groups is 2. The molecule has 40 heavy (non-hydrogen) atoms. The molecule has 4 rings (SSSR count). The van der Waals surface area contributed by atoms with Gasteiger partial charge in [-0.15, -0.1) is 11.8 Å². The second kappa shape index (κ2) is 14.3. The molecular formula is C31H35NO7S. The number of aliphatic hydroxyl groups is 1. The highest BCUT2D eigenvalue weighted by Crippen LogP contribution is 2.44. The van der Waals surface area contributed by atoms with Crippen LogP contribution < -0.4 is 10.1 Å². The van der Waals surface area contributed by atoms with Crippen molar-refractivity contribution < 1.29 is 34.0 Å². The molecule has 1 aliphatic rings. The van der Waals surface area contributed by atoms with Crippen molar-refractivity contribution in [3.8, 4) is 5.75 Å². The molecule has 3 N–H and O–H groups in total. The predicted molar refractivity (Wildman–Crippen MR) is 153 cm³/mol. The van der Waals surface area contributed by atoms with Gasteiger partial charge < -0.3 is 29.7 Å². The molecule has 1 saturated heterocycles. The highest BCUT2D eigenvalue weighted by molar-refractivity contribution is 7.99. The maximum atomic E-state index is 12.3. The number of carbonyl (C=O) groups excluding carboxylic acids is 1. The van der Waals surface area contributed by atoms with Crippen molar-refractivity contribution >= 4 is 29.3 Å². The zero-order valence-corrected chi connectivity index (χ0v) is 23.4. The average molecular weight is 566 g/mol. The molecule has 1 aliphatic heterocycles. The van der Waals surface area contributed by atoms with Crippen molar-refractivity contribution in [3.05, 3.63) is 89.5 Å². The minimum Gasteiger partial charge on any atom is -0.496 e. The molecule has 3 aromatic carbocycles. The van der Waals surface area contributed by atoms with Gasteiger partial charge in [0.25, 0.3) is 0 Å². The van der Waals surface area contributed by atoms with Crippen LogP contribution in [0.5, 0.6) is 5.75 Å². The molecule has 1 amide bonds. The predicted octanol–water partition coefficient (Wildman–Crippen LogP) is 5.96. The highest BCUT2D eigenvalue weighted by atomic mass is 32.2. The number of carboxylic acid groups (broad SMARTS) is 1. The molecule has 0 aliphatic carbocycles. The molecule has 0 saturated carbocycles. The molecular weight excluding hydrogens is 530 g/mol. The number of thioether (sulfide) groups is 1. The van der Waals surface area contributed by atoms with Crippen LogP contribution in [0.4, 0.5) is 5.69 Å². The number of amides is 1. The maximum Gasteiger partial charge on any atom is 0.303 e. The molecule has 9 heteroatoms. The first-order valence-corrected chi connectivity index (χ1v) is 14.2. The summed E-state index contributed by atoms with van der Waals surface area (Å²) < 4.78 is 18.6. The standard InChI is InChI=1S/C31H35NO7S/c1-20-26(19-40-27-10-4-3-9-25(27)37-2)38-31(39-30(20)22-15-13-21(18-33)14-16-22)23-7-5-8-24(17-23)32-28(34)11-6-12-29(35)36/h3-5,7-10,13-17,20,26,30-31,33H,6,11-12,18-19H2,1-2H3,(H,32,34)(H,35,36)/t20-,26+,30+,31+/m1/s1. The highest BCUT2D eigenvalue weighted by Gasteiger charge is 2.38. The van der Waals surface area contributed by atoms with Crippen molar-refractivity contribution in [3.63, 3.8) is 0 Å². The third-order valence-electron chi connectivity index (χ3n) is 6.83. The summed E-state index contributed by atoms with van der Waals surface area (Å²) in [6.45, 7) is 2.09. The normalized spacial score (nSPS) is 20.6. The maximum absolute atomic E-state index is 12.3. The number of ether oxygens (including phenoxy) is 3. The van der Waals surface area contributed by atoms with Crippen LogP contribution in [0, 0.1) is 5.92 Å². The number of aliphatic hydroxyl groups excluding tert-OH is 1. The lowest BCUT2D eigenvalue weighted by atomic mass is 9.91. The summed E-state index contributed by atoms with van der Waals surface area (Å²) in [6, 6.07) is 23.0. The van der Waals surface area contributed by atoms with E-state index in [0.717, 1.165) is 27.3 Å². The number of anilines is 1. The van der Waals surface area contributed by atoms with Gasteiger partial charge in [0.1, 0.15) is 5.75 Å². The monoisotopic (exact) mass is 565 g/mol. The van der Waals surface area contributed by atoms with Crippen LogP contribution >= 0.6 is 11.8 Å². The number of aliphatic carboxylic acids is 1. The van der Waals surface area contributed by atoms with Crippen molar-refractivity contribution in [1.29, 1.82) is 0 Å². The molecule has 1 heterocycles. The molecule has 0 spiro atoms. The van der Waals surface area contributed by atoms with Gasteiger partial charge in [0.05, 0.1) is 25.9 Å². The van der Waals surface area contributed by atoms with E-state index in [-0.39, 0.29) is 49.9 Å². The fourth-order valence-corrected chi connectivity index (χ4v) is 5.80. The number of hydrogen-bond donors (Lipinski definition) is 3. The van der Waals surface area contributed by atoms with E-state index in [2.05, 4.69) is 12.2 Å². The Morgan fingerprint density at radius 2 is 1.75 bits per heavy atom. The first kappa shape index (κ1) is 29.6. The Morgan fingerprint density at radius 1 is 0.975 bits per heavy atom. The Labute approximate surface area is 238 Å². The number of benzene rings is 3. The van der Waals surface area contributed by atoms with Crippen LogP contribution in [0.3, 0.4) is 0 Å². The zero-order valence-electron chi connectivity index (χ0n) is 22.6. The summed E-state index contributed by atoms with van der Waals surface area (Å²) in [5.74, 6) is 0.342. The van der Waals surface area contributed by atoms with Crippen molar-refractivity contribution in [2.75, 3.05) is 18.2 Å². The third kappa shape index (κ3) is 7.85. The Kier molecular flexibility index (Phi) is 10.6. The van der Waals surface area contributed by atoms with E-state index >= 15 is 0 Å². The zero-order chi connectivity index (χ0) is 28.5. The molecule has 212 valence electrons. The Hall–Kier alpha value is -3.37. The number of para-hydroxylation sites is 1. The molecule has 4 atom stereocenters. The van der Waals surface area contributed by atoms with Gasteiger partial charge in [-0.2, -0.15) is 0 Å². The van der Waals surface area contributed by atoms with E-state index in [0.29, 0.717) is 11.4 Å². The molecule has 3 aromatic rings. The molecule has 0 radical (unpaired) electrons. The van der Waals surface area contributed by atoms with Crippen LogP contribution in [0.15, 0.2) is 77.7 Å². The largest absolute Gasteiger partial charge is 0.496 e. The summed E-state index contributed by atoms with van der Waals surface area (Å²) in [5, 5.41) is 21.1. The fourth-order valence-electron chi connectivity index (χ4n) is 4.61. The quantitative estimate of drug-likeness (QED) is 0.230. The van der Waals surface area contributed by atoms with Gasteiger partial charge in [-0.1, -0.05) is 55.5 Å². The van der Waals surface area contributed by atoms with Crippen LogP contribution in [0.2, 0.25) is 0 Å². The summed E-state index contributed by atoms with van der Waals surface area (Å²) >= 11 is 1.67. The molecule has 0 unspecified atom stereocenters. The molecule has 1 fully saturated rings. The van der Waals surface area contributed by atoms with E-state index in [1.165, 1.54) is 0 Å². The average Bonchev–Trinajstić information content (AvgIpc) is 2.96. The number of hydrogen-bond acceptors (Lipinski definition) is 7. The topological polar surface area (TPSA) is 114 Å². The minimum atomic E-state index is -0.922. The van der Waals surface area contributed by atoms with Gasteiger partial charge in [-0.05, 0) is 41.8 Å². The summed E-state index contributed by atoms with van der Waals surface area (Å²) in [5.41, 5.74) is 3.18. The van der Waals surface area contributed by atoms with Crippen LogP contribution in [-0.2, 0) is 25.7 Å². The Morgan fingerprint density at radius 3 is 2.48 bits per heavy atom. The number of rotatable bonds is 12. The smallest absolute Gasteiger partial charge is 0.303 e. The first-order valence-electron chi connectivity index (χ1n) is 13.3. The van der Waals surface area contributed by atoms with Crippen LogP contribution in [-0.4, -0.2) is 41.1 Å². The summed E-state index contributed by atoms with van der Waals surface area (Å²) in [6.07, 6.45) is -0.751. The fraction of sp³-hybridized carbons (Fsp3) is 0.355.